The summed E-state index contributed by atoms with van der Waals surface area (Å²) in [5.74, 6) is 0.0652. The summed E-state index contributed by atoms with van der Waals surface area (Å²) in [6.45, 7) is 0. The molecular formula is C51H31N3S. The molecule has 256 valence electrons. The van der Waals surface area contributed by atoms with Gasteiger partial charge in [0.1, 0.15) is 0 Å². The normalized spacial score (nSPS) is 15.5. The Kier molecular flexibility index (Phi) is 4.64. The average Bonchev–Trinajstić information content (AvgIpc) is 3.75. The van der Waals surface area contributed by atoms with Crippen LogP contribution in [-0.2, 0) is 0 Å². The average molecular weight is 733 g/mol. The van der Waals surface area contributed by atoms with E-state index >= 15 is 0 Å². The molecular weight excluding hydrogens is 687 g/mol. The molecule has 4 heteroatoms. The minimum absolute atomic E-state index is 0.149. The number of hydrogen-bond acceptors (Lipinski definition) is 4. The van der Waals surface area contributed by atoms with Crippen molar-refractivity contribution in [2.45, 2.75) is 0 Å². The molecule has 0 bridgehead atoms. The number of aromatic nitrogens is 3. The number of thiophene rings is 1. The smallest absolute Gasteiger partial charge is 0.164 e. The van der Waals surface area contributed by atoms with Crippen molar-refractivity contribution in [3.8, 4) is 56.4 Å². The maximum absolute atomic E-state index is 9.75. The molecule has 9 aromatic carbocycles. The van der Waals surface area contributed by atoms with Crippen LogP contribution in [0.25, 0.3) is 109 Å². The third kappa shape index (κ3) is 5.46. The molecule has 0 unspecified atom stereocenters. The second-order valence-electron chi connectivity index (χ2n) is 12.8. The Morgan fingerprint density at radius 2 is 0.855 bits per heavy atom. The fourth-order valence-electron chi connectivity index (χ4n) is 6.91. The molecule has 2 aromatic heterocycles. The predicted molar refractivity (Wildman–Crippen MR) is 232 cm³/mol. The summed E-state index contributed by atoms with van der Waals surface area (Å²) in [5.41, 5.74) is 1.58. The quantitative estimate of drug-likeness (QED) is 0.165. The van der Waals surface area contributed by atoms with Gasteiger partial charge in [0, 0.05) is 36.9 Å². The van der Waals surface area contributed by atoms with Gasteiger partial charge in [-0.1, -0.05) is 163 Å². The first kappa shape index (κ1) is 19.9. The Morgan fingerprint density at radius 1 is 0.327 bits per heavy atom. The van der Waals surface area contributed by atoms with Crippen LogP contribution in [0.2, 0.25) is 0 Å². The first-order chi connectivity index (χ1) is 33.5. The lowest BCUT2D eigenvalue weighted by Gasteiger charge is -2.13. The molecule has 0 aliphatic carbocycles. The van der Waals surface area contributed by atoms with Gasteiger partial charge in [0.2, 0.25) is 0 Å². The number of benzene rings is 9. The van der Waals surface area contributed by atoms with E-state index in [1.54, 1.807) is 35.6 Å². The molecule has 55 heavy (non-hydrogen) atoms. The predicted octanol–water partition coefficient (Wildman–Crippen LogP) is 14.0. The highest BCUT2D eigenvalue weighted by molar-refractivity contribution is 7.25. The Bertz CT molecular complexity index is 4080. The molecule has 2 heterocycles. The van der Waals surface area contributed by atoms with Crippen molar-refractivity contribution >= 4 is 63.8 Å². The lowest BCUT2D eigenvalue weighted by molar-refractivity contribution is 1.07. The summed E-state index contributed by atoms with van der Waals surface area (Å²) in [4.78, 5) is 14.3. The van der Waals surface area contributed by atoms with Gasteiger partial charge in [0.05, 0.1) is 20.6 Å². The lowest BCUT2D eigenvalue weighted by Crippen LogP contribution is -2.00. The molecule has 11 aromatic rings. The van der Waals surface area contributed by atoms with Crippen molar-refractivity contribution in [2.75, 3.05) is 0 Å². The van der Waals surface area contributed by atoms with E-state index in [0.29, 0.717) is 11.1 Å². The molecule has 11 rings (SSSR count). The Balaban J connectivity index is 1.15. The third-order valence-corrected chi connectivity index (χ3v) is 10.7. The van der Waals surface area contributed by atoms with Gasteiger partial charge in [0.15, 0.2) is 17.5 Å². The largest absolute Gasteiger partial charge is 0.208 e. The van der Waals surface area contributed by atoms with E-state index in [9.17, 15) is 8.22 Å². The van der Waals surface area contributed by atoms with Crippen LogP contribution < -0.4 is 0 Å². The van der Waals surface area contributed by atoms with Crippen molar-refractivity contribution in [3.05, 3.63) is 188 Å². The van der Waals surface area contributed by atoms with Crippen LogP contribution in [0, 0.1) is 0 Å². The molecule has 3 nitrogen and oxygen atoms in total. The van der Waals surface area contributed by atoms with Gasteiger partial charge in [-0.25, -0.2) is 15.0 Å². The standard InChI is InChI=1S/C51H31N3S/c1-2-11-33(12-3-1)49-52-50(34-23-21-32(22-24-34)37-26-28-45-44-19-8-9-20-47(44)55-48(45)31-37)54-51(53-49)38-14-10-13-35(29-38)36-25-27-43-41-17-5-4-15-39(41)40-16-6-7-18-42(40)46(43)30-36/h1-31H/i4D,5D,6D,7D,10D,13D,14D,15D,16D,17D,18D,25D,27D,29D,30D. The van der Waals surface area contributed by atoms with E-state index in [1.165, 1.54) is 15.5 Å². The highest BCUT2D eigenvalue weighted by atomic mass is 32.1. The van der Waals surface area contributed by atoms with Gasteiger partial charge in [0.25, 0.3) is 0 Å². The molecule has 0 saturated carbocycles. The SMILES string of the molecule is [2H]c1c([2H])c(-c2nc(-c3ccccc3)nc(-c3ccc(-c4ccc5c(c4)sc4ccccc45)cc3)n2)c([2H])c(-c2c([2H])c([2H])c3c4c([2H])c([2H])c([2H])c([2H])c4c4c([2H])c([2H])c([2H])c([2H])c4c3c2[2H])c1[2H]. The molecule has 0 spiro atoms. The number of hydrogen-bond donors (Lipinski definition) is 0. The molecule has 0 radical (unpaired) electrons. The summed E-state index contributed by atoms with van der Waals surface area (Å²) < 4.78 is 138. The van der Waals surface area contributed by atoms with E-state index in [0.717, 1.165) is 15.8 Å². The summed E-state index contributed by atoms with van der Waals surface area (Å²) in [6.07, 6.45) is 0. The van der Waals surface area contributed by atoms with Crippen LogP contribution in [0.4, 0.5) is 0 Å². The van der Waals surface area contributed by atoms with Crippen molar-refractivity contribution in [1.82, 2.24) is 15.0 Å². The van der Waals surface area contributed by atoms with E-state index in [-0.39, 0.29) is 50.0 Å². The van der Waals surface area contributed by atoms with E-state index in [4.69, 9.17) is 27.3 Å². The van der Waals surface area contributed by atoms with Crippen LogP contribution in [0.1, 0.15) is 20.6 Å². The van der Waals surface area contributed by atoms with Crippen LogP contribution in [0.5, 0.6) is 0 Å². The fraction of sp³-hybridized carbons (Fsp3) is 0. The van der Waals surface area contributed by atoms with E-state index in [1.807, 2.05) is 42.5 Å². The second-order valence-corrected chi connectivity index (χ2v) is 13.9. The topological polar surface area (TPSA) is 38.7 Å². The summed E-state index contributed by atoms with van der Waals surface area (Å²) in [6, 6.07) is 20.5. The van der Waals surface area contributed by atoms with Crippen molar-refractivity contribution in [1.29, 1.82) is 0 Å². The third-order valence-electron chi connectivity index (χ3n) is 9.56. The zero-order valence-electron chi connectivity index (χ0n) is 43.5. The Labute approximate surface area is 342 Å². The van der Waals surface area contributed by atoms with Crippen LogP contribution >= 0.6 is 11.3 Å². The Morgan fingerprint density at radius 3 is 1.58 bits per heavy atom. The van der Waals surface area contributed by atoms with Gasteiger partial charge >= 0.3 is 0 Å². The summed E-state index contributed by atoms with van der Waals surface area (Å²) in [7, 11) is 0. The van der Waals surface area contributed by atoms with Crippen molar-refractivity contribution in [3.63, 3.8) is 0 Å². The molecule has 0 aliphatic rings. The molecule has 0 aliphatic heterocycles. The second kappa shape index (κ2) is 12.8. The van der Waals surface area contributed by atoms with Gasteiger partial charge in [-0.2, -0.15) is 0 Å². The van der Waals surface area contributed by atoms with Crippen molar-refractivity contribution in [2.24, 2.45) is 0 Å². The van der Waals surface area contributed by atoms with E-state index in [2.05, 4.69) is 30.3 Å². The lowest BCUT2D eigenvalue weighted by atomic mass is 9.92. The number of fused-ring (bicyclic) bond motifs is 9. The van der Waals surface area contributed by atoms with Gasteiger partial charge in [-0.3, -0.25) is 0 Å². The van der Waals surface area contributed by atoms with Gasteiger partial charge in [-0.15, -0.1) is 11.3 Å². The molecule has 0 atom stereocenters. The van der Waals surface area contributed by atoms with Gasteiger partial charge < -0.3 is 0 Å². The molecule has 0 saturated heterocycles. The van der Waals surface area contributed by atoms with Crippen LogP contribution in [0.15, 0.2) is 188 Å². The first-order valence-electron chi connectivity index (χ1n) is 24.8. The monoisotopic (exact) mass is 732 g/mol. The minimum atomic E-state index is -0.774. The van der Waals surface area contributed by atoms with E-state index < -0.39 is 107 Å². The maximum atomic E-state index is 9.75. The van der Waals surface area contributed by atoms with Gasteiger partial charge in [-0.05, 0) is 78.8 Å². The summed E-state index contributed by atoms with van der Waals surface area (Å²) >= 11 is 1.71. The fourth-order valence-corrected chi connectivity index (χ4v) is 8.06. The number of rotatable bonds is 5. The number of nitrogens with zero attached hydrogens (tertiary/aromatic N) is 3. The zero-order chi connectivity index (χ0) is 49.3. The summed E-state index contributed by atoms with van der Waals surface area (Å²) in [5, 5.41) is 0.184. The first-order valence-corrected chi connectivity index (χ1v) is 18.1. The van der Waals surface area contributed by atoms with Crippen LogP contribution in [-0.4, -0.2) is 15.0 Å². The maximum Gasteiger partial charge on any atom is 0.164 e. The highest BCUT2D eigenvalue weighted by Crippen LogP contribution is 2.39. The molecule has 0 fully saturated rings. The van der Waals surface area contributed by atoms with Crippen LogP contribution in [0.3, 0.4) is 0 Å². The minimum Gasteiger partial charge on any atom is -0.208 e. The highest BCUT2D eigenvalue weighted by Gasteiger charge is 2.15. The Hall–Kier alpha value is -7.01. The zero-order valence-corrected chi connectivity index (χ0v) is 29.3. The molecule has 0 amide bonds. The van der Waals surface area contributed by atoms with Crippen molar-refractivity contribution < 1.29 is 20.6 Å². The molecule has 0 N–H and O–H groups in total.